The maximum absolute atomic E-state index is 4.25. The van der Waals surface area contributed by atoms with Crippen molar-refractivity contribution in [1.29, 1.82) is 0 Å². The summed E-state index contributed by atoms with van der Waals surface area (Å²) < 4.78 is 0. The van der Waals surface area contributed by atoms with Crippen LogP contribution in [0.3, 0.4) is 0 Å². The molecule has 0 aromatic rings. The van der Waals surface area contributed by atoms with E-state index in [0.29, 0.717) is 0 Å². The van der Waals surface area contributed by atoms with E-state index in [2.05, 4.69) is 13.2 Å². The van der Waals surface area contributed by atoms with Crippen LogP contribution in [0.1, 0.15) is 0 Å². The molecule has 0 nitrogen and oxygen atoms in total. The van der Waals surface area contributed by atoms with E-state index in [-0.39, 0.29) is 63.9 Å². The van der Waals surface area contributed by atoms with Crippen LogP contribution in [0.2, 0.25) is 0 Å². The molecule has 0 aliphatic heterocycles. The largest absolute Gasteiger partial charge is 0.521 e. The molecule has 0 radical (unpaired) electrons. The average Bonchev–Trinajstić information content (AvgIpc) is 1.00. The van der Waals surface area contributed by atoms with Crippen molar-refractivity contribution in [2.75, 3.05) is 0 Å². The van der Waals surface area contributed by atoms with E-state index >= 15 is 0 Å². The summed E-state index contributed by atoms with van der Waals surface area (Å²) in [7, 11) is 0. The van der Waals surface area contributed by atoms with Crippen molar-refractivity contribution in [2.24, 2.45) is 0 Å². The normalized spacial score (nSPS) is 1.00. The van der Waals surface area contributed by atoms with Crippen molar-refractivity contribution in [2.45, 2.75) is 0 Å². The summed E-state index contributed by atoms with van der Waals surface area (Å²) in [6, 6.07) is 0. The smallest absolute Gasteiger partial charge is 0 e. The third-order valence-corrected chi connectivity index (χ3v) is 0. The molecule has 0 aromatic heterocycles. The molecule has 0 saturated heterocycles. The van der Waals surface area contributed by atoms with Gasteiger partial charge in [0, 0.05) is 46.9 Å². The molecule has 4 heavy (non-hydrogen) atoms. The Labute approximate surface area is 75.7 Å². The first-order valence-corrected chi connectivity index (χ1v) is 0.408. The Balaban J connectivity index is -0.00000000500. The van der Waals surface area contributed by atoms with E-state index in [1.807, 2.05) is 0 Å². The minimum atomic E-state index is 0. The van der Waals surface area contributed by atoms with Gasteiger partial charge in [0.25, 0.3) is 0 Å². The minimum absolute atomic E-state index is 0. The standard InChI is InChI=1S/C2H3.BrH.Yb/c1-2;;/h1H,2H2;1H;/q-1;;. The molecule has 0 atom stereocenters. The number of halogens is 1. The first kappa shape index (κ1) is 17.2. The van der Waals surface area contributed by atoms with Crippen molar-refractivity contribution < 1.29 is 46.9 Å². The van der Waals surface area contributed by atoms with Gasteiger partial charge in [-0.25, -0.2) is 0 Å². The molecular weight excluding hydrogens is 277 g/mol. The average molecular weight is 281 g/mol. The molecule has 0 rings (SSSR count). The summed E-state index contributed by atoms with van der Waals surface area (Å²) in [5, 5.41) is 0. The van der Waals surface area contributed by atoms with Gasteiger partial charge in [-0.1, -0.05) is 0 Å². The Kier molecular flexibility index (Phi) is 94.1. The fourth-order valence-corrected chi connectivity index (χ4v) is 0. The summed E-state index contributed by atoms with van der Waals surface area (Å²) in [6.07, 6.45) is 0. The first-order chi connectivity index (χ1) is 1.00. The fourth-order valence-electron chi connectivity index (χ4n) is 0. The topological polar surface area (TPSA) is 0 Å². The van der Waals surface area contributed by atoms with Crippen LogP contribution in [0, 0.1) is 53.5 Å². The molecule has 0 spiro atoms. The Hall–Kier alpha value is 1.74. The van der Waals surface area contributed by atoms with Crippen molar-refractivity contribution in [3.05, 3.63) is 13.2 Å². The molecule has 0 amide bonds. The van der Waals surface area contributed by atoms with Crippen LogP contribution in [-0.4, -0.2) is 0 Å². The monoisotopic (exact) mass is 281 g/mol. The van der Waals surface area contributed by atoms with Gasteiger partial charge in [-0.3, -0.25) is 6.58 Å². The molecular formula is C2H4BrYb-. The molecule has 0 heterocycles. The van der Waals surface area contributed by atoms with E-state index in [9.17, 15) is 0 Å². The van der Waals surface area contributed by atoms with Gasteiger partial charge in [-0.15, -0.1) is 17.0 Å². The molecule has 0 saturated carbocycles. The molecule has 0 N–H and O–H groups in total. The summed E-state index contributed by atoms with van der Waals surface area (Å²) in [5.74, 6) is 0. The molecule has 2 heteroatoms. The maximum atomic E-state index is 4.25. The van der Waals surface area contributed by atoms with Gasteiger partial charge >= 0.3 is 0 Å². The number of rotatable bonds is 0. The second-order valence-electron chi connectivity index (χ2n) is 0. The quantitative estimate of drug-likeness (QED) is 0.585. The van der Waals surface area contributed by atoms with E-state index in [0.717, 1.165) is 0 Å². The van der Waals surface area contributed by atoms with Crippen molar-refractivity contribution in [3.63, 3.8) is 0 Å². The molecule has 34 valence electrons. The Morgan fingerprint density at radius 1 is 1.25 bits per heavy atom. The van der Waals surface area contributed by atoms with Gasteiger partial charge in [-0.05, 0) is 0 Å². The molecule has 0 aliphatic carbocycles. The summed E-state index contributed by atoms with van der Waals surface area (Å²) in [5.41, 5.74) is 0. The van der Waals surface area contributed by atoms with Crippen LogP contribution in [0.25, 0.3) is 0 Å². The van der Waals surface area contributed by atoms with Crippen LogP contribution >= 0.6 is 17.0 Å². The minimum Gasteiger partial charge on any atom is -0.521 e. The zero-order chi connectivity index (χ0) is 2.00. The summed E-state index contributed by atoms with van der Waals surface area (Å²) >= 11 is 0. The Morgan fingerprint density at radius 3 is 1.25 bits per heavy atom. The third-order valence-electron chi connectivity index (χ3n) is 0. The second kappa shape index (κ2) is 21.9. The van der Waals surface area contributed by atoms with E-state index in [1.54, 1.807) is 0 Å². The van der Waals surface area contributed by atoms with Gasteiger partial charge in [0.05, 0.1) is 0 Å². The number of hydrogen-bond donors (Lipinski definition) is 0. The summed E-state index contributed by atoms with van der Waals surface area (Å²) in [4.78, 5) is 0. The van der Waals surface area contributed by atoms with Crippen LogP contribution < -0.4 is 0 Å². The van der Waals surface area contributed by atoms with Crippen LogP contribution in [0.15, 0.2) is 6.58 Å². The Bertz CT molecular complexity index is 6.00. The van der Waals surface area contributed by atoms with Crippen LogP contribution in [-0.2, 0) is 0 Å². The van der Waals surface area contributed by atoms with Gasteiger partial charge in [0.1, 0.15) is 0 Å². The maximum Gasteiger partial charge on any atom is 0 e. The second-order valence-corrected chi connectivity index (χ2v) is 0. The third kappa shape index (κ3) is 9.27. The SMILES string of the molecule is Br.[CH-]=C.[Yb]. The predicted octanol–water partition coefficient (Wildman–Crippen LogP) is 1.18. The zero-order valence-corrected chi connectivity index (χ0v) is 5.39. The van der Waals surface area contributed by atoms with E-state index < -0.39 is 0 Å². The molecule has 0 unspecified atom stereocenters. The fraction of sp³-hybridized carbons (Fsp3) is 0. The Morgan fingerprint density at radius 2 is 1.25 bits per heavy atom. The van der Waals surface area contributed by atoms with Crippen LogP contribution in [0.4, 0.5) is 0 Å². The van der Waals surface area contributed by atoms with Gasteiger partial charge in [-0.2, -0.15) is 0 Å². The molecule has 0 fully saturated rings. The molecule has 0 aromatic carbocycles. The van der Waals surface area contributed by atoms with Gasteiger partial charge < -0.3 is 6.58 Å². The van der Waals surface area contributed by atoms with Gasteiger partial charge in [0.15, 0.2) is 0 Å². The summed E-state index contributed by atoms with van der Waals surface area (Å²) in [6.45, 7) is 7.00. The van der Waals surface area contributed by atoms with E-state index in [4.69, 9.17) is 0 Å². The predicted molar refractivity (Wildman–Crippen MR) is 20.2 cm³/mol. The first-order valence-electron chi connectivity index (χ1n) is 0.408. The van der Waals surface area contributed by atoms with Crippen LogP contribution in [0.5, 0.6) is 0 Å². The van der Waals surface area contributed by atoms with Crippen molar-refractivity contribution >= 4 is 17.0 Å². The van der Waals surface area contributed by atoms with Crippen molar-refractivity contribution in [3.8, 4) is 0 Å². The molecule has 0 aliphatic rings. The zero-order valence-electron chi connectivity index (χ0n) is 1.96. The molecule has 0 bridgehead atoms. The van der Waals surface area contributed by atoms with Gasteiger partial charge in [0.2, 0.25) is 0 Å². The van der Waals surface area contributed by atoms with Crippen molar-refractivity contribution in [1.82, 2.24) is 0 Å². The number of hydrogen-bond acceptors (Lipinski definition) is 0. The van der Waals surface area contributed by atoms with E-state index in [1.165, 1.54) is 0 Å².